The van der Waals surface area contributed by atoms with E-state index in [1.807, 2.05) is 0 Å². The molecule has 10 heteroatoms. The van der Waals surface area contributed by atoms with Crippen LogP contribution in [0.15, 0.2) is 41.6 Å². The molecule has 3 rings (SSSR count). The number of thioether (sulfide) groups is 1. The van der Waals surface area contributed by atoms with Crippen molar-refractivity contribution in [2.24, 2.45) is 0 Å². The maximum atomic E-state index is 13.1. The summed E-state index contributed by atoms with van der Waals surface area (Å²) in [6, 6.07) is 6.63. The van der Waals surface area contributed by atoms with E-state index in [-0.39, 0.29) is 5.70 Å². The van der Waals surface area contributed by atoms with Gasteiger partial charge in [-0.15, -0.1) is 11.8 Å². The van der Waals surface area contributed by atoms with Crippen LogP contribution in [0.4, 0.5) is 4.79 Å². The lowest BCUT2D eigenvalue weighted by Gasteiger charge is -2.49. The fourth-order valence-corrected chi connectivity index (χ4v) is 4.68. The van der Waals surface area contributed by atoms with Gasteiger partial charge in [0, 0.05) is 5.75 Å². The molecule has 2 heterocycles. The molecule has 3 atom stereocenters. The molecule has 1 aromatic carbocycles. The molecule has 31 heavy (non-hydrogen) atoms. The Morgan fingerprint density at radius 3 is 2.45 bits per heavy atom. The van der Waals surface area contributed by atoms with Crippen molar-refractivity contribution in [2.75, 3.05) is 5.75 Å². The minimum atomic E-state index is -1.17. The first-order chi connectivity index (χ1) is 14.5. The van der Waals surface area contributed by atoms with Crippen LogP contribution >= 0.6 is 11.8 Å². The van der Waals surface area contributed by atoms with Crippen LogP contribution < -0.4 is 10.6 Å². The number of nitrogens with zero attached hydrogens (tertiary/aromatic N) is 1. The van der Waals surface area contributed by atoms with Crippen LogP contribution in [-0.4, -0.2) is 56.7 Å². The highest BCUT2D eigenvalue weighted by Crippen LogP contribution is 2.40. The maximum absolute atomic E-state index is 13.1. The largest absolute Gasteiger partial charge is 0.477 e. The van der Waals surface area contributed by atoms with Crippen molar-refractivity contribution < 1.29 is 29.0 Å². The summed E-state index contributed by atoms with van der Waals surface area (Å²) < 4.78 is 5.26. The average Bonchev–Trinajstić information content (AvgIpc) is 2.69. The molecule has 2 unspecified atom stereocenters. The van der Waals surface area contributed by atoms with E-state index >= 15 is 0 Å². The molecule has 0 saturated carbocycles. The van der Waals surface area contributed by atoms with Gasteiger partial charge in [-0.25, -0.2) is 9.59 Å². The highest BCUT2D eigenvalue weighted by atomic mass is 32.2. The van der Waals surface area contributed by atoms with Gasteiger partial charge in [-0.05, 0) is 38.8 Å². The molecular weight excluding hydrogens is 422 g/mol. The summed E-state index contributed by atoms with van der Waals surface area (Å²) in [5.41, 5.74) is 0.335. The number of rotatable bonds is 5. The minimum absolute atomic E-state index is 0.0364. The second kappa shape index (κ2) is 8.62. The molecule has 9 nitrogen and oxygen atoms in total. The molecule has 3 amide bonds. The summed E-state index contributed by atoms with van der Waals surface area (Å²) in [5, 5.41) is 14.2. The SMILES string of the molecule is CC1=C(C(=O)O)N2C(=O)C(NC(=O)C(NC(=O)OC(C)(C)C)c3ccccc3)[C@@H]2SC1. The van der Waals surface area contributed by atoms with Crippen LogP contribution in [0, 0.1) is 0 Å². The number of hydrogen-bond acceptors (Lipinski definition) is 6. The molecule has 3 N–H and O–H groups in total. The van der Waals surface area contributed by atoms with Gasteiger partial charge in [0.2, 0.25) is 5.91 Å². The number of carbonyl (C=O) groups excluding carboxylic acids is 3. The Kier molecular flexibility index (Phi) is 6.30. The number of fused-ring (bicyclic) bond motifs is 1. The molecule has 0 aliphatic carbocycles. The number of amides is 3. The predicted octanol–water partition coefficient (Wildman–Crippen LogP) is 2.01. The van der Waals surface area contributed by atoms with Crippen LogP contribution in [0.1, 0.15) is 39.3 Å². The summed E-state index contributed by atoms with van der Waals surface area (Å²) in [6.07, 6.45) is -0.767. The van der Waals surface area contributed by atoms with Gasteiger partial charge in [0.15, 0.2) is 0 Å². The van der Waals surface area contributed by atoms with Gasteiger partial charge >= 0.3 is 12.1 Å². The van der Waals surface area contributed by atoms with Gasteiger partial charge in [0.1, 0.15) is 28.8 Å². The van der Waals surface area contributed by atoms with Crippen LogP contribution in [0.25, 0.3) is 0 Å². The van der Waals surface area contributed by atoms with Crippen molar-refractivity contribution in [1.82, 2.24) is 15.5 Å². The predicted molar refractivity (Wildman–Crippen MR) is 114 cm³/mol. The number of aliphatic carboxylic acids is 1. The Labute approximate surface area is 184 Å². The van der Waals surface area contributed by atoms with E-state index in [4.69, 9.17) is 4.74 Å². The third kappa shape index (κ3) is 4.84. The standard InChI is InChI=1S/C21H25N3O6S/c1-11-10-31-18-14(17(26)24(18)15(11)19(27)28)22-16(25)13(12-8-6-5-7-9-12)23-20(29)30-21(2,3)4/h5-9,13-14,18H,10H2,1-4H3,(H,22,25)(H,23,29)(H,27,28)/t13?,14?,18-/m0/s1. The Bertz CT molecular complexity index is 940. The number of benzene rings is 1. The zero-order valence-corrected chi connectivity index (χ0v) is 18.5. The monoisotopic (exact) mass is 447 g/mol. The third-order valence-corrected chi connectivity index (χ3v) is 6.14. The molecular formula is C21H25N3O6S. The van der Waals surface area contributed by atoms with Gasteiger partial charge in [0.05, 0.1) is 0 Å². The lowest BCUT2D eigenvalue weighted by Crippen LogP contribution is -2.71. The van der Waals surface area contributed by atoms with Crippen molar-refractivity contribution >= 4 is 35.6 Å². The molecule has 1 fully saturated rings. The van der Waals surface area contributed by atoms with Crippen LogP contribution in [0.2, 0.25) is 0 Å². The summed E-state index contributed by atoms with van der Waals surface area (Å²) in [5.74, 6) is -1.80. The molecule has 1 saturated heterocycles. The molecule has 0 spiro atoms. The number of carbonyl (C=O) groups is 4. The first-order valence-electron chi connectivity index (χ1n) is 9.72. The molecule has 2 aliphatic rings. The Hall–Kier alpha value is -3.01. The van der Waals surface area contributed by atoms with Crippen molar-refractivity contribution in [3.63, 3.8) is 0 Å². The van der Waals surface area contributed by atoms with Crippen molar-refractivity contribution in [3.8, 4) is 0 Å². The molecule has 2 aliphatic heterocycles. The van der Waals surface area contributed by atoms with Gasteiger partial charge < -0.3 is 20.5 Å². The number of hydrogen-bond donors (Lipinski definition) is 3. The summed E-state index contributed by atoms with van der Waals surface area (Å²) >= 11 is 1.38. The Morgan fingerprint density at radius 1 is 1.23 bits per heavy atom. The van der Waals surface area contributed by atoms with E-state index in [0.717, 1.165) is 0 Å². The maximum Gasteiger partial charge on any atom is 0.408 e. The minimum Gasteiger partial charge on any atom is -0.477 e. The number of carboxylic acid groups (broad SMARTS) is 1. The molecule has 0 radical (unpaired) electrons. The summed E-state index contributed by atoms with van der Waals surface area (Å²) in [4.78, 5) is 50.8. The zero-order valence-electron chi connectivity index (χ0n) is 17.7. The van der Waals surface area contributed by atoms with E-state index in [1.165, 1.54) is 16.7 Å². The lowest BCUT2D eigenvalue weighted by atomic mass is 10.0. The van der Waals surface area contributed by atoms with Crippen molar-refractivity contribution in [2.45, 2.75) is 50.8 Å². The second-order valence-corrected chi connectivity index (χ2v) is 9.43. The normalized spacial score (nSPS) is 21.5. The lowest BCUT2D eigenvalue weighted by molar-refractivity contribution is -0.151. The van der Waals surface area contributed by atoms with Gasteiger partial charge in [-0.2, -0.15) is 0 Å². The van der Waals surface area contributed by atoms with E-state index in [2.05, 4.69) is 10.6 Å². The third-order valence-electron chi connectivity index (χ3n) is 4.72. The molecule has 166 valence electrons. The van der Waals surface area contributed by atoms with Gasteiger partial charge in [-0.1, -0.05) is 30.3 Å². The summed E-state index contributed by atoms with van der Waals surface area (Å²) in [7, 11) is 0. The Morgan fingerprint density at radius 2 is 1.87 bits per heavy atom. The number of carboxylic acids is 1. The highest BCUT2D eigenvalue weighted by Gasteiger charge is 2.54. The van der Waals surface area contributed by atoms with Gasteiger partial charge in [-0.3, -0.25) is 14.5 Å². The number of β-lactam (4-membered cyclic amide) rings is 1. The quantitative estimate of drug-likeness (QED) is 0.590. The van der Waals surface area contributed by atoms with Crippen LogP contribution in [0.3, 0.4) is 0 Å². The van der Waals surface area contributed by atoms with E-state index in [9.17, 15) is 24.3 Å². The zero-order chi connectivity index (χ0) is 22.9. The van der Waals surface area contributed by atoms with Crippen molar-refractivity contribution in [1.29, 1.82) is 0 Å². The van der Waals surface area contributed by atoms with Crippen LogP contribution in [0.5, 0.6) is 0 Å². The topological polar surface area (TPSA) is 125 Å². The number of alkyl carbamates (subject to hydrolysis) is 1. The fraction of sp³-hybridized carbons (Fsp3) is 0.429. The Balaban J connectivity index is 1.76. The average molecular weight is 448 g/mol. The van der Waals surface area contributed by atoms with Crippen LogP contribution in [-0.2, 0) is 19.1 Å². The molecule has 0 aromatic heterocycles. The fourth-order valence-electron chi connectivity index (χ4n) is 3.38. The highest BCUT2D eigenvalue weighted by molar-refractivity contribution is 8.00. The number of nitrogens with one attached hydrogen (secondary N) is 2. The smallest absolute Gasteiger partial charge is 0.408 e. The molecule has 1 aromatic rings. The first kappa shape index (κ1) is 22.7. The second-order valence-electron chi connectivity index (χ2n) is 8.32. The number of ether oxygens (including phenoxy) is 1. The van der Waals surface area contributed by atoms with Crippen molar-refractivity contribution in [3.05, 3.63) is 47.2 Å². The summed E-state index contributed by atoms with van der Waals surface area (Å²) in [6.45, 7) is 6.80. The van der Waals surface area contributed by atoms with E-state index in [0.29, 0.717) is 16.9 Å². The van der Waals surface area contributed by atoms with E-state index in [1.54, 1.807) is 58.0 Å². The van der Waals surface area contributed by atoms with E-state index < -0.39 is 46.9 Å². The first-order valence-corrected chi connectivity index (χ1v) is 10.8. The van der Waals surface area contributed by atoms with Gasteiger partial charge in [0.25, 0.3) is 5.91 Å². The molecule has 0 bridgehead atoms.